The third-order valence-electron chi connectivity index (χ3n) is 3.39. The van der Waals surface area contributed by atoms with Crippen LogP contribution in [0.1, 0.15) is 18.0 Å². The molecule has 2 rings (SSSR count). The lowest BCUT2D eigenvalue weighted by Crippen LogP contribution is -2.35. The van der Waals surface area contributed by atoms with E-state index in [0.717, 1.165) is 26.1 Å². The maximum atomic E-state index is 9.56. The van der Waals surface area contributed by atoms with Crippen molar-refractivity contribution in [1.82, 2.24) is 10.2 Å². The highest BCUT2D eigenvalue weighted by Crippen LogP contribution is 2.17. The van der Waals surface area contributed by atoms with Gasteiger partial charge in [-0.2, -0.15) is 0 Å². The van der Waals surface area contributed by atoms with Crippen molar-refractivity contribution in [2.75, 3.05) is 32.8 Å². The van der Waals surface area contributed by atoms with Crippen molar-refractivity contribution in [2.45, 2.75) is 18.6 Å². The number of hydrogen-bond acceptors (Lipinski definition) is 4. The molecule has 4 heteroatoms. The lowest BCUT2D eigenvalue weighted by Gasteiger charge is -2.24. The Kier molecular flexibility index (Phi) is 5.13. The lowest BCUT2D eigenvalue weighted by atomic mass is 10.1. The summed E-state index contributed by atoms with van der Waals surface area (Å²) in [5.41, 5.74) is 1.23. The summed E-state index contributed by atoms with van der Waals surface area (Å²) >= 11 is 0. The van der Waals surface area contributed by atoms with Crippen molar-refractivity contribution in [2.24, 2.45) is 0 Å². The second kappa shape index (κ2) is 6.85. The second-order valence-electron chi connectivity index (χ2n) is 4.84. The van der Waals surface area contributed by atoms with Gasteiger partial charge < -0.3 is 15.5 Å². The van der Waals surface area contributed by atoms with Crippen LogP contribution in [0.3, 0.4) is 0 Å². The Morgan fingerprint density at radius 1 is 1.33 bits per heavy atom. The molecule has 1 saturated heterocycles. The zero-order valence-corrected chi connectivity index (χ0v) is 10.6. The second-order valence-corrected chi connectivity index (χ2v) is 4.84. The molecule has 4 nitrogen and oxygen atoms in total. The van der Waals surface area contributed by atoms with Crippen LogP contribution < -0.4 is 5.32 Å². The number of nitrogens with zero attached hydrogens (tertiary/aromatic N) is 1. The predicted octanol–water partition coefficient (Wildman–Crippen LogP) is 0.376. The van der Waals surface area contributed by atoms with Crippen LogP contribution in [-0.2, 0) is 0 Å². The van der Waals surface area contributed by atoms with Gasteiger partial charge >= 0.3 is 0 Å². The largest absolute Gasteiger partial charge is 0.395 e. The Labute approximate surface area is 108 Å². The molecule has 0 aliphatic carbocycles. The Morgan fingerprint density at radius 3 is 2.72 bits per heavy atom. The Bertz CT molecular complexity index is 345. The van der Waals surface area contributed by atoms with E-state index in [1.807, 2.05) is 18.2 Å². The van der Waals surface area contributed by atoms with Gasteiger partial charge in [-0.1, -0.05) is 30.3 Å². The van der Waals surface area contributed by atoms with E-state index in [4.69, 9.17) is 5.11 Å². The van der Waals surface area contributed by atoms with Crippen molar-refractivity contribution < 1.29 is 10.2 Å². The quantitative estimate of drug-likeness (QED) is 0.683. The number of nitrogens with one attached hydrogen (secondary N) is 1. The van der Waals surface area contributed by atoms with Crippen molar-refractivity contribution in [3.8, 4) is 0 Å². The summed E-state index contributed by atoms with van der Waals surface area (Å²) in [7, 11) is 0. The average Bonchev–Trinajstić information content (AvgIpc) is 2.81. The van der Waals surface area contributed by atoms with Crippen LogP contribution in [0, 0.1) is 0 Å². The Balaban J connectivity index is 1.96. The zero-order chi connectivity index (χ0) is 12.8. The van der Waals surface area contributed by atoms with Gasteiger partial charge in [-0.05, 0) is 12.0 Å². The lowest BCUT2D eigenvalue weighted by molar-refractivity contribution is 0.171. The molecule has 18 heavy (non-hydrogen) atoms. The van der Waals surface area contributed by atoms with E-state index >= 15 is 0 Å². The summed E-state index contributed by atoms with van der Waals surface area (Å²) in [6.45, 7) is 3.32. The van der Waals surface area contributed by atoms with Crippen LogP contribution in [0.2, 0.25) is 0 Å². The first-order valence-corrected chi connectivity index (χ1v) is 6.59. The van der Waals surface area contributed by atoms with Crippen LogP contribution in [0.4, 0.5) is 0 Å². The molecule has 0 aromatic heterocycles. The minimum Gasteiger partial charge on any atom is -0.395 e. The van der Waals surface area contributed by atoms with E-state index in [-0.39, 0.29) is 18.8 Å². The molecule has 100 valence electrons. The van der Waals surface area contributed by atoms with Crippen molar-refractivity contribution in [1.29, 1.82) is 0 Å². The van der Waals surface area contributed by atoms with E-state index in [1.54, 1.807) is 0 Å². The molecule has 1 aliphatic heterocycles. The van der Waals surface area contributed by atoms with Gasteiger partial charge in [0.25, 0.3) is 0 Å². The number of hydrogen-bond donors (Lipinski definition) is 3. The molecule has 1 aromatic rings. The van der Waals surface area contributed by atoms with Gasteiger partial charge in [0.2, 0.25) is 0 Å². The zero-order valence-electron chi connectivity index (χ0n) is 10.6. The molecule has 3 N–H and O–H groups in total. The van der Waals surface area contributed by atoms with Crippen LogP contribution >= 0.6 is 0 Å². The number of aliphatic hydroxyl groups is 2. The molecule has 0 saturated carbocycles. The highest BCUT2D eigenvalue weighted by atomic mass is 16.3. The highest BCUT2D eigenvalue weighted by Gasteiger charge is 2.23. The maximum absolute atomic E-state index is 9.56. The predicted molar refractivity (Wildman–Crippen MR) is 71.3 cm³/mol. The Hall–Kier alpha value is -0.940. The van der Waals surface area contributed by atoms with Crippen LogP contribution in [-0.4, -0.2) is 54.0 Å². The monoisotopic (exact) mass is 250 g/mol. The maximum Gasteiger partial charge on any atom is 0.0679 e. The number of β-amino-alcohol motifs (C(OH)–C–C–N with tert-alkyl or cyclic N) is 1. The smallest absolute Gasteiger partial charge is 0.0679 e. The minimum absolute atomic E-state index is 0.145. The number of rotatable bonds is 6. The van der Waals surface area contributed by atoms with Crippen molar-refractivity contribution in [3.63, 3.8) is 0 Å². The first-order chi connectivity index (χ1) is 8.79. The first-order valence-electron chi connectivity index (χ1n) is 6.59. The van der Waals surface area contributed by atoms with Crippen molar-refractivity contribution >= 4 is 0 Å². The number of benzene rings is 1. The fourth-order valence-corrected chi connectivity index (χ4v) is 2.45. The minimum atomic E-state index is -0.181. The SMILES string of the molecule is OCCNC(CN1CC[C@H](O)C1)c1ccccc1. The summed E-state index contributed by atoms with van der Waals surface area (Å²) in [6, 6.07) is 10.5. The van der Waals surface area contributed by atoms with Gasteiger partial charge in [0.05, 0.1) is 12.7 Å². The van der Waals surface area contributed by atoms with Gasteiger partial charge in [-0.25, -0.2) is 0 Å². The molecule has 1 unspecified atom stereocenters. The molecule has 1 aliphatic rings. The summed E-state index contributed by atoms with van der Waals surface area (Å²) in [5.74, 6) is 0. The van der Waals surface area contributed by atoms with E-state index in [1.165, 1.54) is 5.56 Å². The fourth-order valence-electron chi connectivity index (χ4n) is 2.45. The van der Waals surface area contributed by atoms with E-state index in [2.05, 4.69) is 22.3 Å². The normalized spacial score (nSPS) is 22.2. The van der Waals surface area contributed by atoms with E-state index in [9.17, 15) is 5.11 Å². The molecule has 0 spiro atoms. The van der Waals surface area contributed by atoms with Gasteiger partial charge in [-0.3, -0.25) is 4.90 Å². The molecular formula is C14H22N2O2. The summed E-state index contributed by atoms with van der Waals surface area (Å²) in [5, 5.41) is 21.9. The molecule has 1 heterocycles. The topological polar surface area (TPSA) is 55.7 Å². The molecule has 0 amide bonds. The fraction of sp³-hybridized carbons (Fsp3) is 0.571. The number of likely N-dealkylation sites (tertiary alicyclic amines) is 1. The highest BCUT2D eigenvalue weighted by molar-refractivity contribution is 5.19. The molecule has 1 aromatic carbocycles. The third-order valence-corrected chi connectivity index (χ3v) is 3.39. The summed E-state index contributed by atoms with van der Waals surface area (Å²) in [6.07, 6.45) is 0.681. The van der Waals surface area contributed by atoms with Crippen LogP contribution in [0.5, 0.6) is 0 Å². The summed E-state index contributed by atoms with van der Waals surface area (Å²) < 4.78 is 0. The van der Waals surface area contributed by atoms with E-state index in [0.29, 0.717) is 6.54 Å². The first kappa shape index (κ1) is 13.5. The average molecular weight is 250 g/mol. The van der Waals surface area contributed by atoms with Gasteiger partial charge in [0.15, 0.2) is 0 Å². The number of aliphatic hydroxyl groups excluding tert-OH is 2. The van der Waals surface area contributed by atoms with Gasteiger partial charge in [0, 0.05) is 32.2 Å². The summed E-state index contributed by atoms with van der Waals surface area (Å²) in [4.78, 5) is 2.27. The standard InChI is InChI=1S/C14H22N2O2/c17-9-7-15-14(12-4-2-1-3-5-12)11-16-8-6-13(18)10-16/h1-5,13-15,17-18H,6-11H2/t13-,14?/m0/s1. The Morgan fingerprint density at radius 2 is 2.11 bits per heavy atom. The molecule has 0 radical (unpaired) electrons. The third kappa shape index (κ3) is 3.78. The molecule has 0 bridgehead atoms. The molecule has 2 atom stereocenters. The molecule has 1 fully saturated rings. The van der Waals surface area contributed by atoms with Crippen LogP contribution in [0.15, 0.2) is 30.3 Å². The van der Waals surface area contributed by atoms with Gasteiger partial charge in [-0.15, -0.1) is 0 Å². The van der Waals surface area contributed by atoms with E-state index < -0.39 is 0 Å². The van der Waals surface area contributed by atoms with Gasteiger partial charge in [0.1, 0.15) is 0 Å². The molecular weight excluding hydrogens is 228 g/mol. The van der Waals surface area contributed by atoms with Crippen LogP contribution in [0.25, 0.3) is 0 Å². The van der Waals surface area contributed by atoms with Crippen molar-refractivity contribution in [3.05, 3.63) is 35.9 Å².